The van der Waals surface area contributed by atoms with Crippen LogP contribution in [0.1, 0.15) is 13.3 Å². The summed E-state index contributed by atoms with van der Waals surface area (Å²) in [6.07, 6.45) is -0.630. The molecule has 0 aromatic rings. The number of carbonyl (C=O) groups is 1. The van der Waals surface area contributed by atoms with Crippen molar-refractivity contribution in [2.75, 3.05) is 14.1 Å². The van der Waals surface area contributed by atoms with Gasteiger partial charge in [0.2, 0.25) is 12.1 Å². The molecule has 70 valence electrons. The first-order valence-corrected chi connectivity index (χ1v) is 4.06. The van der Waals surface area contributed by atoms with Crippen LogP contribution >= 0.6 is 0 Å². The molecule has 1 aliphatic rings. The Kier molecular flexibility index (Phi) is 2.82. The van der Waals surface area contributed by atoms with E-state index in [1.165, 1.54) is 0 Å². The lowest BCUT2D eigenvalue weighted by Gasteiger charge is -2.33. The number of Topliss-reactive ketones (excluding diaryl/α,β-unsaturated/α-hetero) is 1. The van der Waals surface area contributed by atoms with Crippen molar-refractivity contribution in [3.8, 4) is 0 Å². The topological polar surface area (TPSA) is 49.8 Å². The van der Waals surface area contributed by atoms with E-state index in [4.69, 9.17) is 9.84 Å². The average Bonchev–Trinajstić information content (AvgIpc) is 1.96. The lowest BCUT2D eigenvalue weighted by molar-refractivity contribution is -0.185. The molecule has 1 heterocycles. The third kappa shape index (κ3) is 1.83. The van der Waals surface area contributed by atoms with E-state index >= 15 is 0 Å². The molecule has 4 nitrogen and oxygen atoms in total. The molecule has 12 heavy (non-hydrogen) atoms. The van der Waals surface area contributed by atoms with Gasteiger partial charge in [-0.3, -0.25) is 9.69 Å². The molecular formula is C8H15NO3. The molecule has 0 bridgehead atoms. The van der Waals surface area contributed by atoms with Crippen molar-refractivity contribution in [3.05, 3.63) is 0 Å². The van der Waals surface area contributed by atoms with Gasteiger partial charge in [0, 0.05) is 0 Å². The van der Waals surface area contributed by atoms with Gasteiger partial charge in [-0.05, 0) is 27.4 Å². The maximum Gasteiger partial charge on any atom is 0.217 e. The molecule has 1 rings (SSSR count). The first-order chi connectivity index (χ1) is 5.52. The van der Waals surface area contributed by atoms with E-state index < -0.39 is 6.29 Å². The lowest BCUT2D eigenvalue weighted by atomic mass is 10.0. The number of hydrogen-bond donors (Lipinski definition) is 1. The van der Waals surface area contributed by atoms with Crippen LogP contribution in [-0.4, -0.2) is 48.3 Å². The Labute approximate surface area is 72.1 Å². The molecule has 1 N–H and O–H groups in total. The summed E-state index contributed by atoms with van der Waals surface area (Å²) in [5, 5.41) is 9.17. The number of rotatable bonds is 1. The number of ketones is 1. The zero-order valence-corrected chi connectivity index (χ0v) is 7.65. The second-order valence-electron chi connectivity index (χ2n) is 3.42. The van der Waals surface area contributed by atoms with Crippen LogP contribution in [0.4, 0.5) is 0 Å². The molecule has 3 atom stereocenters. The molecule has 1 unspecified atom stereocenters. The molecular weight excluding hydrogens is 158 g/mol. The summed E-state index contributed by atoms with van der Waals surface area (Å²) in [6, 6.07) is -0.205. The molecule has 1 fully saturated rings. The summed E-state index contributed by atoms with van der Waals surface area (Å²) in [4.78, 5) is 13.1. The molecule has 0 aromatic carbocycles. The Balaban J connectivity index is 2.66. The predicted molar refractivity (Wildman–Crippen MR) is 43.7 cm³/mol. The number of aliphatic hydroxyl groups is 1. The van der Waals surface area contributed by atoms with Crippen LogP contribution in [0.25, 0.3) is 0 Å². The second-order valence-corrected chi connectivity index (χ2v) is 3.42. The molecule has 0 aromatic heterocycles. The van der Waals surface area contributed by atoms with Gasteiger partial charge in [0.05, 0.1) is 12.1 Å². The van der Waals surface area contributed by atoms with Crippen molar-refractivity contribution in [1.82, 2.24) is 4.90 Å². The van der Waals surface area contributed by atoms with Gasteiger partial charge in [-0.25, -0.2) is 0 Å². The summed E-state index contributed by atoms with van der Waals surface area (Å²) in [6.45, 7) is 1.85. The maximum atomic E-state index is 11.3. The van der Waals surface area contributed by atoms with Crippen molar-refractivity contribution >= 4 is 5.78 Å². The Morgan fingerprint density at radius 3 is 2.67 bits per heavy atom. The highest BCUT2D eigenvalue weighted by Crippen LogP contribution is 2.17. The zero-order valence-electron chi connectivity index (χ0n) is 7.65. The molecule has 4 heteroatoms. The lowest BCUT2D eigenvalue weighted by Crippen LogP contribution is -2.50. The molecule has 1 aliphatic heterocycles. The van der Waals surface area contributed by atoms with Crippen molar-refractivity contribution < 1.29 is 14.6 Å². The Hall–Kier alpha value is -0.450. The highest BCUT2D eigenvalue weighted by Gasteiger charge is 2.35. The van der Waals surface area contributed by atoms with E-state index in [-0.39, 0.29) is 17.9 Å². The third-order valence-electron chi connectivity index (χ3n) is 2.11. The molecule has 0 spiro atoms. The SMILES string of the molecule is C[C@@H]1CC(N(C)C)C(=O)[C@H](O)O1. The van der Waals surface area contributed by atoms with Crippen LogP contribution in [0.2, 0.25) is 0 Å². The highest BCUT2D eigenvalue weighted by molar-refractivity contribution is 5.87. The summed E-state index contributed by atoms with van der Waals surface area (Å²) in [5.41, 5.74) is 0. The first kappa shape index (κ1) is 9.64. The quantitative estimate of drug-likeness (QED) is 0.587. The minimum atomic E-state index is -1.24. The summed E-state index contributed by atoms with van der Waals surface area (Å²) < 4.78 is 4.96. The fourth-order valence-electron chi connectivity index (χ4n) is 1.40. The highest BCUT2D eigenvalue weighted by atomic mass is 16.6. The van der Waals surface area contributed by atoms with Crippen molar-refractivity contribution in [2.45, 2.75) is 31.8 Å². The van der Waals surface area contributed by atoms with Gasteiger partial charge in [0.1, 0.15) is 0 Å². The zero-order chi connectivity index (χ0) is 9.30. The van der Waals surface area contributed by atoms with E-state index in [0.717, 1.165) is 0 Å². The van der Waals surface area contributed by atoms with Gasteiger partial charge >= 0.3 is 0 Å². The van der Waals surface area contributed by atoms with Crippen LogP contribution < -0.4 is 0 Å². The van der Waals surface area contributed by atoms with E-state index in [9.17, 15) is 4.79 Å². The van der Waals surface area contributed by atoms with Crippen molar-refractivity contribution in [1.29, 1.82) is 0 Å². The van der Waals surface area contributed by atoms with Crippen LogP contribution in [0, 0.1) is 0 Å². The van der Waals surface area contributed by atoms with Gasteiger partial charge < -0.3 is 9.84 Å². The largest absolute Gasteiger partial charge is 0.362 e. The van der Waals surface area contributed by atoms with Crippen LogP contribution in [0.3, 0.4) is 0 Å². The molecule has 1 saturated heterocycles. The van der Waals surface area contributed by atoms with E-state index in [1.807, 2.05) is 25.9 Å². The third-order valence-corrected chi connectivity index (χ3v) is 2.11. The van der Waals surface area contributed by atoms with Crippen molar-refractivity contribution in [2.24, 2.45) is 0 Å². The standard InChI is InChI=1S/C8H15NO3/c1-5-4-6(9(2)3)7(10)8(11)12-5/h5-6,8,11H,4H2,1-3H3/t5-,6?,8-/m1/s1. The minimum absolute atomic E-state index is 0.0508. The fourth-order valence-corrected chi connectivity index (χ4v) is 1.40. The first-order valence-electron chi connectivity index (χ1n) is 4.06. The Morgan fingerprint density at radius 2 is 2.17 bits per heavy atom. The van der Waals surface area contributed by atoms with Crippen LogP contribution in [-0.2, 0) is 9.53 Å². The summed E-state index contributed by atoms with van der Waals surface area (Å²) in [7, 11) is 3.65. The van der Waals surface area contributed by atoms with E-state index in [2.05, 4.69) is 0 Å². The molecule has 0 aliphatic carbocycles. The average molecular weight is 173 g/mol. The minimum Gasteiger partial charge on any atom is -0.362 e. The summed E-state index contributed by atoms with van der Waals surface area (Å²) >= 11 is 0. The van der Waals surface area contributed by atoms with Gasteiger partial charge in [-0.1, -0.05) is 0 Å². The Bertz CT molecular complexity index is 181. The fraction of sp³-hybridized carbons (Fsp3) is 0.875. The second kappa shape index (κ2) is 3.51. The van der Waals surface area contributed by atoms with E-state index in [0.29, 0.717) is 6.42 Å². The van der Waals surface area contributed by atoms with Crippen LogP contribution in [0.15, 0.2) is 0 Å². The predicted octanol–water partition coefficient (Wildman–Crippen LogP) is -0.387. The number of ether oxygens (including phenoxy) is 1. The Morgan fingerprint density at radius 1 is 1.58 bits per heavy atom. The van der Waals surface area contributed by atoms with Crippen LogP contribution in [0.5, 0.6) is 0 Å². The van der Waals surface area contributed by atoms with Crippen molar-refractivity contribution in [3.63, 3.8) is 0 Å². The smallest absolute Gasteiger partial charge is 0.217 e. The van der Waals surface area contributed by atoms with Gasteiger partial charge in [0.15, 0.2) is 0 Å². The number of nitrogens with zero attached hydrogens (tertiary/aromatic N) is 1. The molecule has 0 saturated carbocycles. The summed E-state index contributed by atoms with van der Waals surface area (Å²) in [5.74, 6) is -0.238. The maximum absolute atomic E-state index is 11.3. The monoisotopic (exact) mass is 173 g/mol. The van der Waals surface area contributed by atoms with Gasteiger partial charge in [-0.15, -0.1) is 0 Å². The molecule has 0 radical (unpaired) electrons. The number of carbonyl (C=O) groups excluding carboxylic acids is 1. The van der Waals surface area contributed by atoms with E-state index in [1.54, 1.807) is 0 Å². The van der Waals surface area contributed by atoms with Gasteiger partial charge in [0.25, 0.3) is 0 Å². The number of hydrogen-bond acceptors (Lipinski definition) is 4. The normalized spacial score (nSPS) is 37.4. The number of likely N-dealkylation sites (N-methyl/N-ethyl adjacent to an activating group) is 1. The van der Waals surface area contributed by atoms with Gasteiger partial charge in [-0.2, -0.15) is 0 Å². The number of aliphatic hydroxyl groups excluding tert-OH is 1. The molecule has 0 amide bonds.